The minimum absolute atomic E-state index is 0.0839. The molecule has 3 aromatic rings. The molecule has 1 amide bonds. The quantitative estimate of drug-likeness (QED) is 0.529. The zero-order valence-corrected chi connectivity index (χ0v) is 22.3. The van der Waals surface area contributed by atoms with Gasteiger partial charge in [-0.1, -0.05) is 6.92 Å². The van der Waals surface area contributed by atoms with Crippen molar-refractivity contribution in [3.63, 3.8) is 0 Å². The Hall–Kier alpha value is -2.54. The minimum atomic E-state index is -0.270. The smallest absolute Gasteiger partial charge is 0.263 e. The Balaban J connectivity index is 1.35. The van der Waals surface area contributed by atoms with Gasteiger partial charge in [0.25, 0.3) is 5.56 Å². The molecule has 4 heterocycles. The Labute approximate surface area is 218 Å². The molecule has 6 rings (SSSR count). The van der Waals surface area contributed by atoms with Gasteiger partial charge in [-0.15, -0.1) is 22.7 Å². The summed E-state index contributed by atoms with van der Waals surface area (Å²) < 4.78 is 1.60. The first-order chi connectivity index (χ1) is 17.5. The second-order valence-corrected chi connectivity index (χ2v) is 12.7. The molecule has 7 nitrogen and oxygen atoms in total. The molecular weight excluding hydrogens is 490 g/mol. The summed E-state index contributed by atoms with van der Waals surface area (Å²) in [7, 11) is 0. The Morgan fingerprint density at radius 3 is 2.72 bits per heavy atom. The van der Waals surface area contributed by atoms with Crippen molar-refractivity contribution in [2.24, 2.45) is 5.92 Å². The number of rotatable bonds is 5. The summed E-state index contributed by atoms with van der Waals surface area (Å²) in [6, 6.07) is 2.32. The SMILES string of the molecule is CC1CCc2c(sc(NC(=O)Cn3c(CN4CCCC4)nc4sc5c(c4c3=O)CCCC5)c2C#N)C1. The van der Waals surface area contributed by atoms with Crippen LogP contribution in [0.3, 0.4) is 0 Å². The molecule has 0 saturated carbocycles. The number of likely N-dealkylation sites (tertiary alicyclic amines) is 1. The van der Waals surface area contributed by atoms with E-state index in [0.29, 0.717) is 34.2 Å². The maximum atomic E-state index is 13.8. The van der Waals surface area contributed by atoms with Gasteiger partial charge in [-0.2, -0.15) is 5.26 Å². The number of aryl methyl sites for hydroxylation is 2. The number of carbonyl (C=O) groups is 1. The molecule has 0 bridgehead atoms. The standard InChI is InChI=1S/C27H31N5O2S2/c1-16-8-9-17-19(13-28)25(36-21(17)12-16)30-23(33)15-32-22(14-31-10-4-5-11-31)29-26-24(27(32)34)18-6-2-3-7-20(18)35-26/h16H,2-12,14-15H2,1H3,(H,30,33). The average Bonchev–Trinajstić information content (AvgIpc) is 3.58. The lowest BCUT2D eigenvalue weighted by molar-refractivity contribution is -0.116. The number of amides is 1. The van der Waals surface area contributed by atoms with Gasteiger partial charge in [0.1, 0.15) is 28.3 Å². The summed E-state index contributed by atoms with van der Waals surface area (Å²) in [5.41, 5.74) is 2.74. The van der Waals surface area contributed by atoms with Crippen LogP contribution in [0.1, 0.15) is 71.3 Å². The molecule has 1 aliphatic heterocycles. The van der Waals surface area contributed by atoms with Crippen LogP contribution in [0.4, 0.5) is 5.00 Å². The monoisotopic (exact) mass is 521 g/mol. The van der Waals surface area contributed by atoms with Crippen molar-refractivity contribution in [1.82, 2.24) is 14.5 Å². The fourth-order valence-corrected chi connectivity index (χ4v) is 8.62. The highest BCUT2D eigenvalue weighted by Gasteiger charge is 2.27. The third kappa shape index (κ3) is 4.29. The van der Waals surface area contributed by atoms with Crippen molar-refractivity contribution in [1.29, 1.82) is 5.26 Å². The van der Waals surface area contributed by atoms with Crippen LogP contribution in [0.5, 0.6) is 0 Å². The zero-order valence-electron chi connectivity index (χ0n) is 20.7. The van der Waals surface area contributed by atoms with Gasteiger partial charge in [-0.05, 0) is 87.9 Å². The molecule has 1 saturated heterocycles. The van der Waals surface area contributed by atoms with Crippen molar-refractivity contribution >= 4 is 43.8 Å². The first kappa shape index (κ1) is 23.8. The molecule has 0 aromatic carbocycles. The Morgan fingerprint density at radius 1 is 1.11 bits per heavy atom. The normalized spacial score (nSPS) is 19.7. The third-order valence-electron chi connectivity index (χ3n) is 7.90. The van der Waals surface area contributed by atoms with E-state index >= 15 is 0 Å². The number of nitrogens with one attached hydrogen (secondary N) is 1. The second-order valence-electron chi connectivity index (χ2n) is 10.5. The van der Waals surface area contributed by atoms with Crippen LogP contribution in [-0.4, -0.2) is 33.4 Å². The number of anilines is 1. The highest BCUT2D eigenvalue weighted by atomic mass is 32.1. The third-order valence-corrected chi connectivity index (χ3v) is 10.3. The number of thiophene rings is 2. The molecule has 3 aromatic heterocycles. The van der Waals surface area contributed by atoms with Gasteiger partial charge >= 0.3 is 0 Å². The molecule has 2 aliphatic carbocycles. The summed E-state index contributed by atoms with van der Waals surface area (Å²) in [6.07, 6.45) is 9.37. The van der Waals surface area contributed by atoms with Gasteiger partial charge in [0.2, 0.25) is 5.91 Å². The van der Waals surface area contributed by atoms with E-state index in [2.05, 4.69) is 23.2 Å². The van der Waals surface area contributed by atoms with Crippen LogP contribution in [0.15, 0.2) is 4.79 Å². The predicted molar refractivity (Wildman–Crippen MR) is 144 cm³/mol. The molecular formula is C27H31N5O2S2. The lowest BCUT2D eigenvalue weighted by Gasteiger charge is -2.18. The van der Waals surface area contributed by atoms with Crippen LogP contribution < -0.4 is 10.9 Å². The molecule has 188 valence electrons. The molecule has 36 heavy (non-hydrogen) atoms. The summed E-state index contributed by atoms with van der Waals surface area (Å²) in [4.78, 5) is 37.8. The van der Waals surface area contributed by atoms with E-state index in [1.165, 1.54) is 21.1 Å². The van der Waals surface area contributed by atoms with E-state index in [4.69, 9.17) is 4.98 Å². The highest BCUT2D eigenvalue weighted by molar-refractivity contribution is 7.18. The van der Waals surface area contributed by atoms with E-state index in [0.717, 1.165) is 86.8 Å². The van der Waals surface area contributed by atoms with E-state index in [1.807, 2.05) is 0 Å². The largest absolute Gasteiger partial charge is 0.315 e. The van der Waals surface area contributed by atoms with E-state index < -0.39 is 0 Å². The molecule has 1 atom stereocenters. The zero-order chi connectivity index (χ0) is 24.8. The number of hydrogen-bond donors (Lipinski definition) is 1. The fraction of sp³-hybridized carbons (Fsp3) is 0.556. The second kappa shape index (κ2) is 9.73. The van der Waals surface area contributed by atoms with Crippen LogP contribution in [-0.2, 0) is 43.6 Å². The predicted octanol–water partition coefficient (Wildman–Crippen LogP) is 4.63. The minimum Gasteiger partial charge on any atom is -0.315 e. The molecule has 0 spiro atoms. The number of nitriles is 1. The first-order valence-electron chi connectivity index (χ1n) is 13.1. The number of carbonyl (C=O) groups excluding carboxylic acids is 1. The van der Waals surface area contributed by atoms with Crippen molar-refractivity contribution < 1.29 is 4.79 Å². The van der Waals surface area contributed by atoms with Crippen LogP contribution >= 0.6 is 22.7 Å². The van der Waals surface area contributed by atoms with Gasteiger partial charge in [0.05, 0.1) is 17.5 Å². The maximum Gasteiger partial charge on any atom is 0.263 e. The van der Waals surface area contributed by atoms with Crippen molar-refractivity contribution in [2.75, 3.05) is 18.4 Å². The van der Waals surface area contributed by atoms with Crippen LogP contribution in [0, 0.1) is 17.2 Å². The molecule has 9 heteroatoms. The topological polar surface area (TPSA) is 91.0 Å². The highest BCUT2D eigenvalue weighted by Crippen LogP contribution is 2.39. The molecule has 3 aliphatic rings. The maximum absolute atomic E-state index is 13.8. The summed E-state index contributed by atoms with van der Waals surface area (Å²) in [5.74, 6) is 0.989. The number of hydrogen-bond acceptors (Lipinski definition) is 7. The summed E-state index contributed by atoms with van der Waals surface area (Å²) in [5, 5.41) is 14.2. The van der Waals surface area contributed by atoms with Crippen LogP contribution in [0.25, 0.3) is 10.2 Å². The Kier molecular flexibility index (Phi) is 6.44. The Morgan fingerprint density at radius 2 is 1.92 bits per heavy atom. The summed E-state index contributed by atoms with van der Waals surface area (Å²) >= 11 is 3.18. The number of fused-ring (bicyclic) bond motifs is 4. The number of aromatic nitrogens is 2. The van der Waals surface area contributed by atoms with E-state index in [9.17, 15) is 14.9 Å². The van der Waals surface area contributed by atoms with Crippen LogP contribution in [0.2, 0.25) is 0 Å². The Bertz CT molecular complexity index is 1440. The summed E-state index contributed by atoms with van der Waals surface area (Å²) in [6.45, 7) is 4.71. The molecule has 1 fully saturated rings. The van der Waals surface area contributed by atoms with Gasteiger partial charge in [0.15, 0.2) is 0 Å². The number of nitrogens with zero attached hydrogens (tertiary/aromatic N) is 4. The van der Waals surface area contributed by atoms with Gasteiger partial charge in [-0.3, -0.25) is 19.1 Å². The lowest BCUT2D eigenvalue weighted by atomic mass is 9.89. The van der Waals surface area contributed by atoms with Crippen molar-refractivity contribution in [2.45, 2.75) is 77.8 Å². The average molecular weight is 522 g/mol. The van der Waals surface area contributed by atoms with Crippen molar-refractivity contribution in [3.8, 4) is 6.07 Å². The first-order valence-corrected chi connectivity index (χ1v) is 14.8. The van der Waals surface area contributed by atoms with Gasteiger partial charge in [0, 0.05) is 9.75 Å². The van der Waals surface area contributed by atoms with E-state index in [1.54, 1.807) is 15.9 Å². The molecule has 1 unspecified atom stereocenters. The van der Waals surface area contributed by atoms with Crippen molar-refractivity contribution in [3.05, 3.63) is 42.6 Å². The fourth-order valence-electron chi connectivity index (χ4n) is 5.97. The molecule has 0 radical (unpaired) electrons. The molecule has 1 N–H and O–H groups in total. The van der Waals surface area contributed by atoms with E-state index in [-0.39, 0.29) is 18.0 Å². The van der Waals surface area contributed by atoms with Gasteiger partial charge in [-0.25, -0.2) is 4.98 Å². The lowest BCUT2D eigenvalue weighted by Crippen LogP contribution is -2.33. The van der Waals surface area contributed by atoms with Gasteiger partial charge < -0.3 is 5.32 Å².